The minimum Gasteiger partial charge on any atom is -0.380 e. The van der Waals surface area contributed by atoms with Gasteiger partial charge in [-0.2, -0.15) is 0 Å². The van der Waals surface area contributed by atoms with Crippen molar-refractivity contribution in [2.24, 2.45) is 0 Å². The summed E-state index contributed by atoms with van der Waals surface area (Å²) < 4.78 is 0. The molecule has 0 bridgehead atoms. The van der Waals surface area contributed by atoms with Crippen LogP contribution < -0.4 is 10.2 Å². The maximum absolute atomic E-state index is 6.17. The van der Waals surface area contributed by atoms with Crippen LogP contribution in [0.3, 0.4) is 0 Å². The average Bonchev–Trinajstić information content (AvgIpc) is 2.48. The van der Waals surface area contributed by atoms with Gasteiger partial charge in [0.25, 0.3) is 0 Å². The Morgan fingerprint density at radius 3 is 2.86 bits per heavy atom. The lowest BCUT2D eigenvalue weighted by Gasteiger charge is -2.28. The van der Waals surface area contributed by atoms with Crippen LogP contribution in [0, 0.1) is 0 Å². The molecule has 0 aromatic heterocycles. The molecule has 0 atom stereocenters. The topological polar surface area (TPSA) is 15.3 Å². The normalized spacial score (nSPS) is 14.0. The average molecular weight is 321 g/mol. The number of rotatable bonds is 3. The number of hydrogen-bond acceptors (Lipinski definition) is 2. The van der Waals surface area contributed by atoms with Crippen LogP contribution in [-0.4, -0.2) is 13.6 Å². The van der Waals surface area contributed by atoms with E-state index < -0.39 is 0 Å². The first-order valence-corrected chi connectivity index (χ1v) is 7.91. The molecule has 2 aromatic rings. The maximum atomic E-state index is 6.17. The van der Waals surface area contributed by atoms with Crippen molar-refractivity contribution in [3.05, 3.63) is 57.6 Å². The molecule has 1 heterocycles. The predicted molar refractivity (Wildman–Crippen MR) is 91.8 cm³/mol. The van der Waals surface area contributed by atoms with Crippen LogP contribution in [0.15, 0.2) is 36.4 Å². The minimum absolute atomic E-state index is 0.689. The lowest BCUT2D eigenvalue weighted by atomic mass is 9.99. The Hall–Kier alpha value is -1.38. The number of fused-ring (bicyclic) bond motifs is 1. The summed E-state index contributed by atoms with van der Waals surface area (Å²) in [5, 5.41) is 4.74. The van der Waals surface area contributed by atoms with Gasteiger partial charge < -0.3 is 10.2 Å². The number of anilines is 2. The van der Waals surface area contributed by atoms with E-state index in [1.807, 2.05) is 12.1 Å². The van der Waals surface area contributed by atoms with E-state index in [0.717, 1.165) is 25.2 Å². The summed E-state index contributed by atoms with van der Waals surface area (Å²) in [6.07, 6.45) is 2.38. The molecule has 2 aromatic carbocycles. The molecule has 0 radical (unpaired) electrons. The Morgan fingerprint density at radius 1 is 1.14 bits per heavy atom. The molecular formula is C17H18Cl2N2. The summed E-state index contributed by atoms with van der Waals surface area (Å²) >= 11 is 12.2. The Balaban J connectivity index is 1.75. The summed E-state index contributed by atoms with van der Waals surface area (Å²) in [5.74, 6) is 0. The van der Waals surface area contributed by atoms with E-state index in [1.54, 1.807) is 6.07 Å². The molecule has 3 rings (SSSR count). The Kier molecular flexibility index (Phi) is 4.27. The van der Waals surface area contributed by atoms with Crippen molar-refractivity contribution in [1.29, 1.82) is 0 Å². The van der Waals surface area contributed by atoms with E-state index in [1.165, 1.54) is 23.2 Å². The van der Waals surface area contributed by atoms with E-state index in [-0.39, 0.29) is 0 Å². The monoisotopic (exact) mass is 320 g/mol. The Bertz CT molecular complexity index is 655. The van der Waals surface area contributed by atoms with E-state index >= 15 is 0 Å². The van der Waals surface area contributed by atoms with E-state index in [9.17, 15) is 0 Å². The number of benzene rings is 2. The van der Waals surface area contributed by atoms with Crippen molar-refractivity contribution >= 4 is 34.6 Å². The zero-order chi connectivity index (χ0) is 14.8. The van der Waals surface area contributed by atoms with Crippen molar-refractivity contribution in [2.45, 2.75) is 19.4 Å². The van der Waals surface area contributed by atoms with Gasteiger partial charge in [0, 0.05) is 30.8 Å². The lowest BCUT2D eigenvalue weighted by Crippen LogP contribution is -2.24. The number of halogens is 2. The number of nitrogens with zero attached hydrogens (tertiary/aromatic N) is 1. The number of nitrogens with one attached hydrogen (secondary N) is 1. The smallest absolute Gasteiger partial charge is 0.0638 e. The molecule has 0 spiro atoms. The summed E-state index contributed by atoms with van der Waals surface area (Å²) in [5.41, 5.74) is 4.92. The zero-order valence-corrected chi connectivity index (χ0v) is 13.5. The molecule has 0 saturated heterocycles. The molecule has 1 aliphatic heterocycles. The van der Waals surface area contributed by atoms with Crippen LogP contribution in [0.5, 0.6) is 0 Å². The highest BCUT2D eigenvalue weighted by Crippen LogP contribution is 2.28. The van der Waals surface area contributed by atoms with E-state index in [2.05, 4.69) is 35.5 Å². The van der Waals surface area contributed by atoms with Gasteiger partial charge in [-0.25, -0.2) is 0 Å². The summed E-state index contributed by atoms with van der Waals surface area (Å²) in [4.78, 5) is 2.32. The predicted octanol–water partition coefficient (Wildman–Crippen LogP) is 4.99. The molecule has 0 aliphatic carbocycles. The van der Waals surface area contributed by atoms with Crippen molar-refractivity contribution in [3.63, 3.8) is 0 Å². The molecule has 21 heavy (non-hydrogen) atoms. The maximum Gasteiger partial charge on any atom is 0.0638 e. The summed E-state index contributed by atoms with van der Waals surface area (Å²) in [6.45, 7) is 1.89. The largest absolute Gasteiger partial charge is 0.380 e. The van der Waals surface area contributed by atoms with Gasteiger partial charge in [-0.3, -0.25) is 0 Å². The van der Waals surface area contributed by atoms with Gasteiger partial charge in [-0.1, -0.05) is 35.3 Å². The van der Waals surface area contributed by atoms with Gasteiger partial charge in [0.15, 0.2) is 0 Å². The van der Waals surface area contributed by atoms with Crippen molar-refractivity contribution in [1.82, 2.24) is 0 Å². The summed E-state index contributed by atoms with van der Waals surface area (Å²) in [6, 6.07) is 12.1. The molecule has 2 nitrogen and oxygen atoms in total. The molecular weight excluding hydrogens is 303 g/mol. The third-order valence-corrected chi connectivity index (χ3v) is 4.47. The highest BCUT2D eigenvalue weighted by Gasteiger charge is 2.13. The number of aryl methyl sites for hydroxylation is 1. The number of hydrogen-bond donors (Lipinski definition) is 1. The summed E-state index contributed by atoms with van der Waals surface area (Å²) in [7, 11) is 2.15. The molecule has 110 valence electrons. The second kappa shape index (κ2) is 6.17. The fraction of sp³-hybridized carbons (Fsp3) is 0.294. The van der Waals surface area contributed by atoms with Gasteiger partial charge in [0.05, 0.1) is 10.7 Å². The van der Waals surface area contributed by atoms with Crippen LogP contribution in [0.2, 0.25) is 10.0 Å². The molecule has 1 aliphatic rings. The highest BCUT2D eigenvalue weighted by atomic mass is 35.5. The van der Waals surface area contributed by atoms with Gasteiger partial charge in [0.2, 0.25) is 0 Å². The van der Waals surface area contributed by atoms with Crippen LogP contribution in [0.4, 0.5) is 11.4 Å². The molecule has 1 N–H and O–H groups in total. The third-order valence-electron chi connectivity index (χ3n) is 3.91. The van der Waals surface area contributed by atoms with Gasteiger partial charge >= 0.3 is 0 Å². The first-order valence-electron chi connectivity index (χ1n) is 7.15. The van der Waals surface area contributed by atoms with E-state index in [4.69, 9.17) is 23.2 Å². The van der Waals surface area contributed by atoms with Gasteiger partial charge in [-0.05, 0) is 48.2 Å². The van der Waals surface area contributed by atoms with E-state index in [0.29, 0.717) is 10.0 Å². The molecule has 0 amide bonds. The quantitative estimate of drug-likeness (QED) is 0.857. The fourth-order valence-corrected chi connectivity index (χ4v) is 3.14. The first-order chi connectivity index (χ1) is 10.1. The van der Waals surface area contributed by atoms with Crippen LogP contribution in [0.1, 0.15) is 17.5 Å². The zero-order valence-electron chi connectivity index (χ0n) is 12.0. The standard InChI is InChI=1S/C17H18Cl2N2/c1-21-8-2-3-13-9-12(4-7-17(13)21)11-20-16-10-14(18)5-6-15(16)19/h4-7,9-10,20H,2-3,8,11H2,1H3. The molecule has 0 unspecified atom stereocenters. The second-order valence-electron chi connectivity index (χ2n) is 5.47. The van der Waals surface area contributed by atoms with Crippen molar-refractivity contribution in [3.8, 4) is 0 Å². The van der Waals surface area contributed by atoms with Crippen LogP contribution in [0.25, 0.3) is 0 Å². The highest BCUT2D eigenvalue weighted by molar-refractivity contribution is 6.35. The second-order valence-corrected chi connectivity index (χ2v) is 6.31. The third kappa shape index (κ3) is 3.28. The Labute approximate surface area is 135 Å². The Morgan fingerprint density at radius 2 is 2.00 bits per heavy atom. The SMILES string of the molecule is CN1CCCc2cc(CNc3cc(Cl)ccc3Cl)ccc21. The van der Waals surface area contributed by atoms with Crippen LogP contribution in [-0.2, 0) is 13.0 Å². The van der Waals surface area contributed by atoms with Gasteiger partial charge in [0.1, 0.15) is 0 Å². The fourth-order valence-electron chi connectivity index (χ4n) is 2.78. The van der Waals surface area contributed by atoms with Crippen LogP contribution >= 0.6 is 23.2 Å². The minimum atomic E-state index is 0.689. The van der Waals surface area contributed by atoms with Crippen molar-refractivity contribution in [2.75, 3.05) is 23.8 Å². The lowest BCUT2D eigenvalue weighted by molar-refractivity contribution is 0.743. The van der Waals surface area contributed by atoms with Crippen molar-refractivity contribution < 1.29 is 0 Å². The molecule has 4 heteroatoms. The van der Waals surface area contributed by atoms with Gasteiger partial charge in [-0.15, -0.1) is 0 Å². The molecule has 0 saturated carbocycles. The first kappa shape index (κ1) is 14.6. The molecule has 0 fully saturated rings.